The molecule has 2 rings (SSSR count). The molecular formula is C16H29NO2. The van der Waals surface area contributed by atoms with Crippen LogP contribution in [0.2, 0.25) is 0 Å². The third kappa shape index (κ3) is 3.31. The van der Waals surface area contributed by atoms with Crippen LogP contribution in [0.1, 0.15) is 65.7 Å². The molecule has 0 radical (unpaired) electrons. The standard InChI is InChI=1S/C16H29NO2/c1-11(2)8-9-12(3)17-14-7-5-4-6-13(14)10-15(17)16(18)19/h11-15H,4-10H2,1-3H3,(H,18,19). The van der Waals surface area contributed by atoms with Crippen LogP contribution in [0, 0.1) is 11.8 Å². The summed E-state index contributed by atoms with van der Waals surface area (Å²) in [5.41, 5.74) is 0. The molecule has 110 valence electrons. The normalized spacial score (nSPS) is 33.4. The Labute approximate surface area is 117 Å². The van der Waals surface area contributed by atoms with Gasteiger partial charge in [0.25, 0.3) is 0 Å². The molecule has 0 bridgehead atoms. The van der Waals surface area contributed by atoms with Crippen molar-refractivity contribution in [1.29, 1.82) is 0 Å². The Bertz CT molecular complexity index is 316. The van der Waals surface area contributed by atoms with Crippen molar-refractivity contribution in [2.75, 3.05) is 0 Å². The van der Waals surface area contributed by atoms with E-state index in [-0.39, 0.29) is 6.04 Å². The average molecular weight is 267 g/mol. The van der Waals surface area contributed by atoms with E-state index in [9.17, 15) is 9.90 Å². The first-order valence-electron chi connectivity index (χ1n) is 8.01. The minimum absolute atomic E-state index is 0.227. The number of aliphatic carboxylic acids is 1. The van der Waals surface area contributed by atoms with Gasteiger partial charge in [-0.05, 0) is 50.9 Å². The molecule has 3 heteroatoms. The lowest BCUT2D eigenvalue weighted by molar-refractivity contribution is -0.143. The van der Waals surface area contributed by atoms with Crippen molar-refractivity contribution in [3.63, 3.8) is 0 Å². The van der Waals surface area contributed by atoms with Gasteiger partial charge in [0, 0.05) is 12.1 Å². The van der Waals surface area contributed by atoms with Gasteiger partial charge < -0.3 is 5.11 Å². The Balaban J connectivity index is 2.06. The van der Waals surface area contributed by atoms with Gasteiger partial charge >= 0.3 is 5.97 Å². The lowest BCUT2D eigenvalue weighted by Gasteiger charge is -2.37. The van der Waals surface area contributed by atoms with Crippen LogP contribution in [0.25, 0.3) is 0 Å². The smallest absolute Gasteiger partial charge is 0.320 e. The Morgan fingerprint density at radius 2 is 1.89 bits per heavy atom. The fraction of sp³-hybridized carbons (Fsp3) is 0.938. The van der Waals surface area contributed by atoms with Crippen molar-refractivity contribution >= 4 is 5.97 Å². The molecule has 0 spiro atoms. The third-order valence-corrected chi connectivity index (χ3v) is 5.09. The van der Waals surface area contributed by atoms with E-state index >= 15 is 0 Å². The second kappa shape index (κ2) is 6.25. The van der Waals surface area contributed by atoms with Crippen molar-refractivity contribution < 1.29 is 9.90 Å². The molecule has 0 amide bonds. The van der Waals surface area contributed by atoms with E-state index < -0.39 is 5.97 Å². The van der Waals surface area contributed by atoms with Gasteiger partial charge in [-0.1, -0.05) is 26.7 Å². The molecule has 19 heavy (non-hydrogen) atoms. The van der Waals surface area contributed by atoms with E-state index in [1.165, 1.54) is 32.1 Å². The Hall–Kier alpha value is -0.570. The Morgan fingerprint density at radius 1 is 1.21 bits per heavy atom. The molecular weight excluding hydrogens is 238 g/mol. The number of rotatable bonds is 5. The summed E-state index contributed by atoms with van der Waals surface area (Å²) in [7, 11) is 0. The number of carboxylic acids is 1. The van der Waals surface area contributed by atoms with Crippen molar-refractivity contribution in [3.05, 3.63) is 0 Å². The SMILES string of the molecule is CC(C)CCC(C)N1C(C(=O)O)CC2CCCCC21. The van der Waals surface area contributed by atoms with Crippen LogP contribution in [0.15, 0.2) is 0 Å². The van der Waals surface area contributed by atoms with Crippen LogP contribution in [-0.4, -0.2) is 34.1 Å². The first-order valence-corrected chi connectivity index (χ1v) is 8.01. The number of fused-ring (bicyclic) bond motifs is 1. The van der Waals surface area contributed by atoms with Crippen molar-refractivity contribution in [1.82, 2.24) is 4.90 Å². The van der Waals surface area contributed by atoms with Crippen LogP contribution in [0.5, 0.6) is 0 Å². The summed E-state index contributed by atoms with van der Waals surface area (Å²) >= 11 is 0. The minimum Gasteiger partial charge on any atom is -0.480 e. The van der Waals surface area contributed by atoms with Gasteiger partial charge in [-0.3, -0.25) is 9.69 Å². The summed E-state index contributed by atoms with van der Waals surface area (Å²) < 4.78 is 0. The average Bonchev–Trinajstić information content (AvgIpc) is 2.75. The molecule has 0 aromatic rings. The van der Waals surface area contributed by atoms with Crippen LogP contribution in [0.3, 0.4) is 0 Å². The first-order chi connectivity index (χ1) is 9.00. The van der Waals surface area contributed by atoms with Gasteiger partial charge in [-0.2, -0.15) is 0 Å². The molecule has 1 aliphatic heterocycles. The maximum absolute atomic E-state index is 11.6. The van der Waals surface area contributed by atoms with Crippen molar-refractivity contribution in [2.24, 2.45) is 11.8 Å². The molecule has 2 fully saturated rings. The summed E-state index contributed by atoms with van der Waals surface area (Å²) in [5, 5.41) is 9.52. The van der Waals surface area contributed by atoms with Gasteiger partial charge in [0.2, 0.25) is 0 Å². The van der Waals surface area contributed by atoms with Crippen LogP contribution < -0.4 is 0 Å². The molecule has 3 nitrogen and oxygen atoms in total. The van der Waals surface area contributed by atoms with Crippen molar-refractivity contribution in [2.45, 2.75) is 83.8 Å². The molecule has 0 aromatic heterocycles. The number of hydrogen-bond acceptors (Lipinski definition) is 2. The molecule has 1 heterocycles. The zero-order chi connectivity index (χ0) is 14.0. The quantitative estimate of drug-likeness (QED) is 0.828. The predicted octanol–water partition coefficient (Wildman–Crippen LogP) is 3.53. The van der Waals surface area contributed by atoms with Crippen LogP contribution in [0.4, 0.5) is 0 Å². The Morgan fingerprint density at radius 3 is 2.53 bits per heavy atom. The lowest BCUT2D eigenvalue weighted by atomic mass is 9.84. The number of carbonyl (C=O) groups is 1. The van der Waals surface area contributed by atoms with Gasteiger partial charge in [-0.25, -0.2) is 0 Å². The maximum Gasteiger partial charge on any atom is 0.320 e. The first kappa shape index (κ1) is 14.8. The third-order valence-electron chi connectivity index (χ3n) is 5.09. The topological polar surface area (TPSA) is 40.5 Å². The Kier molecular flexibility index (Phi) is 4.88. The van der Waals surface area contributed by atoms with E-state index in [1.54, 1.807) is 0 Å². The molecule has 4 unspecified atom stereocenters. The molecule has 1 saturated heterocycles. The maximum atomic E-state index is 11.6. The molecule has 4 atom stereocenters. The molecule has 2 aliphatic rings. The zero-order valence-electron chi connectivity index (χ0n) is 12.6. The predicted molar refractivity (Wildman–Crippen MR) is 77.2 cm³/mol. The van der Waals surface area contributed by atoms with Gasteiger partial charge in [0.05, 0.1) is 0 Å². The van der Waals surface area contributed by atoms with Crippen LogP contribution >= 0.6 is 0 Å². The number of carboxylic acid groups (broad SMARTS) is 1. The molecule has 0 aromatic carbocycles. The monoisotopic (exact) mass is 267 g/mol. The minimum atomic E-state index is -0.606. The number of nitrogens with zero attached hydrogens (tertiary/aromatic N) is 1. The summed E-state index contributed by atoms with van der Waals surface area (Å²) in [6.45, 7) is 6.72. The second-order valence-electron chi connectivity index (χ2n) is 6.97. The fourth-order valence-electron chi connectivity index (χ4n) is 4.08. The van der Waals surface area contributed by atoms with Gasteiger partial charge in [0.15, 0.2) is 0 Å². The van der Waals surface area contributed by atoms with Crippen molar-refractivity contribution in [3.8, 4) is 0 Å². The zero-order valence-corrected chi connectivity index (χ0v) is 12.6. The van der Waals surface area contributed by atoms with E-state index in [4.69, 9.17) is 0 Å². The van der Waals surface area contributed by atoms with E-state index in [1.807, 2.05) is 0 Å². The summed E-state index contributed by atoms with van der Waals surface area (Å²) in [6.07, 6.45) is 8.23. The number of hydrogen-bond donors (Lipinski definition) is 1. The highest BCUT2D eigenvalue weighted by atomic mass is 16.4. The van der Waals surface area contributed by atoms with Crippen LogP contribution in [-0.2, 0) is 4.79 Å². The van der Waals surface area contributed by atoms with Gasteiger partial charge in [0.1, 0.15) is 6.04 Å². The van der Waals surface area contributed by atoms with Gasteiger partial charge in [-0.15, -0.1) is 0 Å². The fourth-order valence-corrected chi connectivity index (χ4v) is 4.08. The summed E-state index contributed by atoms with van der Waals surface area (Å²) in [4.78, 5) is 13.9. The highest BCUT2D eigenvalue weighted by molar-refractivity contribution is 5.74. The van der Waals surface area contributed by atoms with E-state index in [2.05, 4.69) is 25.7 Å². The number of likely N-dealkylation sites (tertiary alicyclic amines) is 1. The van der Waals surface area contributed by atoms with E-state index in [0.717, 1.165) is 12.8 Å². The molecule has 1 saturated carbocycles. The summed E-state index contributed by atoms with van der Waals surface area (Å²) in [5.74, 6) is 0.734. The lowest BCUT2D eigenvalue weighted by Crippen LogP contribution is -2.47. The van der Waals surface area contributed by atoms with E-state index in [0.29, 0.717) is 23.9 Å². The summed E-state index contributed by atoms with van der Waals surface area (Å²) in [6, 6.07) is 0.726. The second-order valence-corrected chi connectivity index (χ2v) is 6.97. The highest BCUT2D eigenvalue weighted by Gasteiger charge is 2.46. The molecule has 1 aliphatic carbocycles. The molecule has 1 N–H and O–H groups in total. The largest absolute Gasteiger partial charge is 0.480 e. The highest BCUT2D eigenvalue weighted by Crippen LogP contribution is 2.41.